The van der Waals surface area contributed by atoms with Gasteiger partial charge in [-0.3, -0.25) is 4.79 Å². The zero-order valence-corrected chi connectivity index (χ0v) is 17.5. The first-order valence-electron chi connectivity index (χ1n) is 7.75. The average molecular weight is 449 g/mol. The molecule has 3 rings (SSSR count). The molecule has 0 aromatic carbocycles. The van der Waals surface area contributed by atoms with E-state index in [1.54, 1.807) is 10.4 Å². The van der Waals surface area contributed by atoms with Crippen molar-refractivity contribution in [2.45, 2.75) is 8.55 Å². The maximum absolute atomic E-state index is 12.7. The number of sulfonamides is 1. The summed E-state index contributed by atoms with van der Waals surface area (Å²) in [5.74, 6) is -0.387. The van der Waals surface area contributed by atoms with Gasteiger partial charge in [-0.25, -0.2) is 13.2 Å². The Morgan fingerprint density at radius 3 is 2.63 bits per heavy atom. The smallest absolute Gasteiger partial charge is 0.338 e. The first kappa shape index (κ1) is 20.2. The lowest BCUT2D eigenvalue weighted by Gasteiger charge is -2.33. The minimum atomic E-state index is -3.70. The third-order valence-electron chi connectivity index (χ3n) is 3.84. The SMILES string of the molecule is COC(=O)c1csc(S(=O)(=O)N2CCN(C(=O)CSc3nncs3)CC2)c1. The normalized spacial score (nSPS) is 15.7. The van der Waals surface area contributed by atoms with E-state index in [1.165, 1.54) is 46.0 Å². The van der Waals surface area contributed by atoms with Crippen LogP contribution in [0.2, 0.25) is 0 Å². The highest BCUT2D eigenvalue weighted by Crippen LogP contribution is 2.26. The van der Waals surface area contributed by atoms with Gasteiger partial charge in [-0.15, -0.1) is 21.5 Å². The van der Waals surface area contributed by atoms with Crippen LogP contribution in [0, 0.1) is 0 Å². The molecule has 13 heteroatoms. The van der Waals surface area contributed by atoms with Gasteiger partial charge in [-0.2, -0.15) is 4.31 Å². The second-order valence-corrected chi connectivity index (χ2v) is 10.6. The molecule has 0 radical (unpaired) electrons. The Balaban J connectivity index is 1.56. The minimum Gasteiger partial charge on any atom is -0.465 e. The molecule has 1 saturated heterocycles. The molecule has 0 aliphatic carbocycles. The molecule has 1 aliphatic rings. The Labute approximate surface area is 168 Å². The summed E-state index contributed by atoms with van der Waals surface area (Å²) in [5.41, 5.74) is 1.82. The van der Waals surface area contributed by atoms with Gasteiger partial charge in [-0.1, -0.05) is 23.1 Å². The van der Waals surface area contributed by atoms with E-state index in [-0.39, 0.29) is 34.5 Å². The molecule has 0 bridgehead atoms. The summed E-state index contributed by atoms with van der Waals surface area (Å²) < 4.78 is 32.2. The highest BCUT2D eigenvalue weighted by Gasteiger charge is 2.31. The summed E-state index contributed by atoms with van der Waals surface area (Å²) in [6, 6.07) is 1.32. The van der Waals surface area contributed by atoms with Crippen molar-refractivity contribution in [2.24, 2.45) is 0 Å². The summed E-state index contributed by atoms with van der Waals surface area (Å²) in [7, 11) is -2.45. The van der Waals surface area contributed by atoms with Crippen LogP contribution >= 0.6 is 34.4 Å². The number of methoxy groups -OCH3 is 1. The van der Waals surface area contributed by atoms with Gasteiger partial charge in [0.15, 0.2) is 4.34 Å². The molecule has 0 atom stereocenters. The van der Waals surface area contributed by atoms with Gasteiger partial charge in [0.25, 0.3) is 10.0 Å². The van der Waals surface area contributed by atoms with E-state index < -0.39 is 16.0 Å². The van der Waals surface area contributed by atoms with Gasteiger partial charge in [0.05, 0.1) is 18.4 Å². The van der Waals surface area contributed by atoms with Crippen LogP contribution in [0.1, 0.15) is 10.4 Å². The lowest BCUT2D eigenvalue weighted by molar-refractivity contribution is -0.129. The van der Waals surface area contributed by atoms with Crippen LogP contribution in [-0.2, 0) is 19.6 Å². The summed E-state index contributed by atoms with van der Waals surface area (Å²) in [6.07, 6.45) is 0. The molecule has 1 fully saturated rings. The first-order chi connectivity index (χ1) is 12.9. The van der Waals surface area contributed by atoms with Crippen LogP contribution in [0.25, 0.3) is 0 Å². The number of amides is 1. The second-order valence-electron chi connectivity index (χ2n) is 5.42. The molecule has 1 amide bonds. The van der Waals surface area contributed by atoms with Crippen molar-refractivity contribution in [1.29, 1.82) is 0 Å². The Morgan fingerprint density at radius 1 is 1.26 bits per heavy atom. The average Bonchev–Trinajstić information content (AvgIpc) is 3.37. The Morgan fingerprint density at radius 2 is 2.00 bits per heavy atom. The number of piperazine rings is 1. The highest BCUT2D eigenvalue weighted by atomic mass is 32.2. The fraction of sp³-hybridized carbons (Fsp3) is 0.429. The molecule has 0 unspecified atom stereocenters. The molecule has 27 heavy (non-hydrogen) atoms. The number of hydrogen-bond donors (Lipinski definition) is 0. The van der Waals surface area contributed by atoms with Gasteiger partial charge in [0, 0.05) is 31.6 Å². The van der Waals surface area contributed by atoms with Crippen LogP contribution < -0.4 is 0 Å². The highest BCUT2D eigenvalue weighted by molar-refractivity contribution is 8.01. The van der Waals surface area contributed by atoms with E-state index in [0.29, 0.717) is 13.1 Å². The Hall–Kier alpha value is -1.54. The zero-order valence-electron chi connectivity index (χ0n) is 14.2. The quantitative estimate of drug-likeness (QED) is 0.476. The number of carbonyl (C=O) groups excluding carboxylic acids is 2. The van der Waals surface area contributed by atoms with Gasteiger partial charge >= 0.3 is 5.97 Å². The fourth-order valence-corrected chi connectivity index (χ4v) is 6.54. The van der Waals surface area contributed by atoms with Crippen molar-refractivity contribution in [1.82, 2.24) is 19.4 Å². The summed E-state index contributed by atoms with van der Waals surface area (Å²) in [6.45, 7) is 1.07. The molecule has 2 aromatic rings. The van der Waals surface area contributed by atoms with Crippen molar-refractivity contribution in [3.8, 4) is 0 Å². The zero-order chi connectivity index (χ0) is 19.4. The topological polar surface area (TPSA) is 110 Å². The largest absolute Gasteiger partial charge is 0.465 e. The van der Waals surface area contributed by atoms with Gasteiger partial charge in [0.2, 0.25) is 5.91 Å². The molecule has 3 heterocycles. The van der Waals surface area contributed by atoms with E-state index in [1.807, 2.05) is 0 Å². The number of aromatic nitrogens is 2. The minimum absolute atomic E-state index is 0.0589. The number of esters is 1. The molecule has 0 saturated carbocycles. The predicted molar refractivity (Wildman–Crippen MR) is 102 cm³/mol. The third kappa shape index (κ3) is 4.66. The number of ether oxygens (including phenoxy) is 1. The molecule has 9 nitrogen and oxygen atoms in total. The summed E-state index contributed by atoms with van der Waals surface area (Å²) in [5, 5.41) is 9.05. The van der Waals surface area contributed by atoms with E-state index in [2.05, 4.69) is 14.9 Å². The summed E-state index contributed by atoms with van der Waals surface area (Å²) in [4.78, 5) is 25.4. The number of thiophene rings is 1. The van der Waals surface area contributed by atoms with E-state index in [0.717, 1.165) is 15.7 Å². The van der Waals surface area contributed by atoms with Crippen molar-refractivity contribution in [3.05, 3.63) is 22.5 Å². The molecular weight excluding hydrogens is 432 g/mol. The van der Waals surface area contributed by atoms with Crippen LogP contribution in [-0.4, -0.2) is 78.7 Å². The number of nitrogens with zero attached hydrogens (tertiary/aromatic N) is 4. The van der Waals surface area contributed by atoms with Crippen molar-refractivity contribution in [2.75, 3.05) is 39.0 Å². The van der Waals surface area contributed by atoms with Crippen LogP contribution in [0.5, 0.6) is 0 Å². The lowest BCUT2D eigenvalue weighted by atomic mass is 10.3. The monoisotopic (exact) mass is 448 g/mol. The van der Waals surface area contributed by atoms with E-state index in [4.69, 9.17) is 0 Å². The molecule has 146 valence electrons. The van der Waals surface area contributed by atoms with E-state index >= 15 is 0 Å². The van der Waals surface area contributed by atoms with Crippen LogP contribution in [0.15, 0.2) is 25.5 Å². The number of hydrogen-bond acceptors (Lipinski definition) is 10. The van der Waals surface area contributed by atoms with Gasteiger partial charge < -0.3 is 9.64 Å². The number of rotatable bonds is 6. The van der Waals surface area contributed by atoms with Crippen LogP contribution in [0.3, 0.4) is 0 Å². The predicted octanol–water partition coefficient (Wildman–Crippen LogP) is 1.01. The molecule has 2 aromatic heterocycles. The molecule has 0 spiro atoms. The third-order valence-corrected chi connectivity index (χ3v) is 9.00. The number of thioether (sulfide) groups is 1. The van der Waals surface area contributed by atoms with Crippen LogP contribution in [0.4, 0.5) is 0 Å². The van der Waals surface area contributed by atoms with Gasteiger partial charge in [0.1, 0.15) is 9.72 Å². The first-order valence-corrected chi connectivity index (χ1v) is 11.9. The van der Waals surface area contributed by atoms with Crippen molar-refractivity contribution < 1.29 is 22.7 Å². The maximum Gasteiger partial charge on any atom is 0.338 e. The second kappa shape index (κ2) is 8.65. The van der Waals surface area contributed by atoms with Crippen molar-refractivity contribution >= 4 is 56.3 Å². The Bertz CT molecular complexity index is 904. The van der Waals surface area contributed by atoms with E-state index in [9.17, 15) is 18.0 Å². The standard InChI is InChI=1S/C14H16N4O5S4/c1-23-13(20)10-6-12(24-7-10)27(21,22)18-4-2-17(3-5-18)11(19)8-25-14-16-15-9-26-14/h6-7,9H,2-5,8H2,1H3. The van der Waals surface area contributed by atoms with Gasteiger partial charge in [-0.05, 0) is 6.07 Å². The summed E-state index contributed by atoms with van der Waals surface area (Å²) >= 11 is 3.67. The maximum atomic E-state index is 12.7. The molecule has 0 N–H and O–H groups in total. The number of carbonyl (C=O) groups is 2. The molecule has 1 aliphatic heterocycles. The van der Waals surface area contributed by atoms with Crippen molar-refractivity contribution in [3.63, 3.8) is 0 Å². The molecular formula is C14H16N4O5S4. The fourth-order valence-electron chi connectivity index (χ4n) is 2.42. The Kier molecular flexibility index (Phi) is 6.47. The lowest BCUT2D eigenvalue weighted by Crippen LogP contribution is -2.50.